The molecular formula is C16H19N5O2. The first-order chi connectivity index (χ1) is 11.1. The van der Waals surface area contributed by atoms with Crippen LogP contribution >= 0.6 is 0 Å². The van der Waals surface area contributed by atoms with Gasteiger partial charge in [0.2, 0.25) is 5.91 Å². The van der Waals surface area contributed by atoms with Gasteiger partial charge in [0.15, 0.2) is 5.69 Å². The highest BCUT2D eigenvalue weighted by Crippen LogP contribution is 2.15. The molecule has 2 heterocycles. The van der Waals surface area contributed by atoms with E-state index in [1.807, 2.05) is 6.07 Å². The first-order valence-electron chi connectivity index (χ1n) is 7.59. The maximum Gasteiger partial charge on any atom is 0.272 e. The number of fused-ring (bicyclic) bond motifs is 1. The highest BCUT2D eigenvalue weighted by molar-refractivity contribution is 5.94. The number of hydrogen-bond acceptors (Lipinski definition) is 4. The number of H-pyrrole nitrogens is 1. The van der Waals surface area contributed by atoms with E-state index >= 15 is 0 Å². The van der Waals surface area contributed by atoms with Crippen molar-refractivity contribution in [2.75, 3.05) is 13.1 Å². The molecule has 0 atom stereocenters. The minimum absolute atomic E-state index is 0.183. The van der Waals surface area contributed by atoms with Crippen molar-refractivity contribution in [1.82, 2.24) is 20.8 Å². The zero-order valence-electron chi connectivity index (χ0n) is 12.7. The average molecular weight is 313 g/mol. The summed E-state index contributed by atoms with van der Waals surface area (Å²) < 4.78 is 0. The number of carbonyl (C=O) groups is 2. The van der Waals surface area contributed by atoms with E-state index in [9.17, 15) is 9.59 Å². The molecule has 5 N–H and O–H groups in total. The highest BCUT2D eigenvalue weighted by Gasteiger charge is 2.21. The van der Waals surface area contributed by atoms with E-state index in [1.54, 1.807) is 18.2 Å². The van der Waals surface area contributed by atoms with Crippen LogP contribution in [0.25, 0.3) is 0 Å². The first-order valence-corrected chi connectivity index (χ1v) is 7.59. The second-order valence-electron chi connectivity index (χ2n) is 5.53. The van der Waals surface area contributed by atoms with Crippen LogP contribution in [0.3, 0.4) is 0 Å². The predicted molar refractivity (Wildman–Crippen MR) is 85.0 cm³/mol. The van der Waals surface area contributed by atoms with Gasteiger partial charge in [-0.3, -0.25) is 14.7 Å². The molecule has 2 aromatic rings. The molecule has 1 aliphatic rings. The summed E-state index contributed by atoms with van der Waals surface area (Å²) >= 11 is 0. The van der Waals surface area contributed by atoms with E-state index < -0.39 is 5.91 Å². The minimum atomic E-state index is -0.452. The molecule has 2 amide bonds. The fourth-order valence-electron chi connectivity index (χ4n) is 2.70. The number of primary amides is 1. The van der Waals surface area contributed by atoms with Crippen LogP contribution in [-0.4, -0.2) is 35.1 Å². The number of nitrogens with two attached hydrogens (primary N) is 1. The van der Waals surface area contributed by atoms with Gasteiger partial charge in [0.05, 0.1) is 0 Å². The Balaban J connectivity index is 1.58. The maximum absolute atomic E-state index is 12.2. The molecule has 0 radical (unpaired) electrons. The number of amides is 2. The largest absolute Gasteiger partial charge is 0.366 e. The number of nitrogens with zero attached hydrogens (tertiary/aromatic N) is 1. The van der Waals surface area contributed by atoms with Gasteiger partial charge in [0, 0.05) is 42.9 Å². The molecule has 7 heteroatoms. The molecule has 23 heavy (non-hydrogen) atoms. The number of benzene rings is 1. The predicted octanol–water partition coefficient (Wildman–Crippen LogP) is 0.127. The number of rotatable bonds is 5. The fraction of sp³-hybridized carbons (Fsp3) is 0.312. The molecule has 0 saturated heterocycles. The van der Waals surface area contributed by atoms with E-state index in [4.69, 9.17) is 5.73 Å². The van der Waals surface area contributed by atoms with Crippen molar-refractivity contribution >= 4 is 11.8 Å². The van der Waals surface area contributed by atoms with Crippen LogP contribution in [0, 0.1) is 0 Å². The molecule has 1 aromatic heterocycles. The van der Waals surface area contributed by atoms with Gasteiger partial charge in [0.25, 0.3) is 5.91 Å². The maximum atomic E-state index is 12.2. The standard InChI is InChI=1S/C16H19N5O2/c17-15(22)11-3-1-2-10(8-11)4-7-19-16(23)14-12-9-18-6-5-13(12)20-21-14/h1-3,8,18H,4-7,9H2,(H2,17,22)(H,19,23)(H,20,21). The molecule has 0 aliphatic carbocycles. The molecule has 120 valence electrons. The summed E-state index contributed by atoms with van der Waals surface area (Å²) in [6.07, 6.45) is 1.48. The van der Waals surface area contributed by atoms with E-state index in [-0.39, 0.29) is 5.91 Å². The SMILES string of the molecule is NC(=O)c1cccc(CCNC(=O)c2n[nH]c3c2CNCC3)c1. The van der Waals surface area contributed by atoms with Crippen LogP contribution in [0.2, 0.25) is 0 Å². The van der Waals surface area contributed by atoms with Gasteiger partial charge in [0.1, 0.15) is 0 Å². The van der Waals surface area contributed by atoms with Crippen LogP contribution in [0.5, 0.6) is 0 Å². The van der Waals surface area contributed by atoms with Crippen molar-refractivity contribution in [2.45, 2.75) is 19.4 Å². The summed E-state index contributed by atoms with van der Waals surface area (Å²) in [5, 5.41) is 13.2. The number of hydrogen-bond donors (Lipinski definition) is 4. The summed E-state index contributed by atoms with van der Waals surface area (Å²) in [7, 11) is 0. The van der Waals surface area contributed by atoms with Crippen molar-refractivity contribution in [2.24, 2.45) is 5.73 Å². The average Bonchev–Trinajstić information content (AvgIpc) is 2.99. The third-order valence-electron chi connectivity index (χ3n) is 3.93. The Kier molecular flexibility index (Phi) is 4.38. The van der Waals surface area contributed by atoms with Crippen molar-refractivity contribution in [3.63, 3.8) is 0 Å². The molecule has 0 unspecified atom stereocenters. The molecule has 0 spiro atoms. The third-order valence-corrected chi connectivity index (χ3v) is 3.93. The molecule has 7 nitrogen and oxygen atoms in total. The molecule has 1 aromatic carbocycles. The lowest BCUT2D eigenvalue weighted by molar-refractivity contribution is 0.0946. The zero-order valence-corrected chi connectivity index (χ0v) is 12.7. The molecule has 3 rings (SSSR count). The molecule has 0 fully saturated rings. The summed E-state index contributed by atoms with van der Waals surface area (Å²) in [4.78, 5) is 23.4. The summed E-state index contributed by atoms with van der Waals surface area (Å²) in [5.41, 5.74) is 9.12. The van der Waals surface area contributed by atoms with E-state index in [0.29, 0.717) is 30.8 Å². The second kappa shape index (κ2) is 6.62. The van der Waals surface area contributed by atoms with E-state index in [2.05, 4.69) is 20.8 Å². The topological polar surface area (TPSA) is 113 Å². The van der Waals surface area contributed by atoms with E-state index in [1.165, 1.54) is 0 Å². The normalized spacial score (nSPS) is 13.4. The lowest BCUT2D eigenvalue weighted by atomic mass is 10.1. The lowest BCUT2D eigenvalue weighted by Gasteiger charge is -2.12. The van der Waals surface area contributed by atoms with Gasteiger partial charge < -0.3 is 16.4 Å². The van der Waals surface area contributed by atoms with Gasteiger partial charge in [-0.1, -0.05) is 12.1 Å². The van der Waals surface area contributed by atoms with Crippen LogP contribution < -0.4 is 16.4 Å². The van der Waals surface area contributed by atoms with Crippen LogP contribution in [0.4, 0.5) is 0 Å². The Morgan fingerprint density at radius 1 is 1.35 bits per heavy atom. The smallest absolute Gasteiger partial charge is 0.272 e. The Bertz CT molecular complexity index is 738. The summed E-state index contributed by atoms with van der Waals surface area (Å²) in [6.45, 7) is 2.03. The molecule has 0 saturated carbocycles. The van der Waals surface area contributed by atoms with Gasteiger partial charge in [-0.15, -0.1) is 0 Å². The van der Waals surface area contributed by atoms with Gasteiger partial charge in [-0.2, -0.15) is 5.10 Å². The minimum Gasteiger partial charge on any atom is -0.366 e. The summed E-state index contributed by atoms with van der Waals surface area (Å²) in [5.74, 6) is -0.635. The number of aromatic nitrogens is 2. The van der Waals surface area contributed by atoms with Gasteiger partial charge >= 0.3 is 0 Å². The first kappa shape index (κ1) is 15.2. The lowest BCUT2D eigenvalue weighted by Crippen LogP contribution is -2.29. The molecular weight excluding hydrogens is 294 g/mol. The quantitative estimate of drug-likeness (QED) is 0.628. The highest BCUT2D eigenvalue weighted by atomic mass is 16.2. The van der Waals surface area contributed by atoms with Crippen molar-refractivity contribution < 1.29 is 9.59 Å². The molecule has 0 bridgehead atoms. The number of aromatic amines is 1. The number of nitrogens with one attached hydrogen (secondary N) is 3. The van der Waals surface area contributed by atoms with E-state index in [0.717, 1.165) is 29.8 Å². The van der Waals surface area contributed by atoms with Crippen LogP contribution in [-0.2, 0) is 19.4 Å². The van der Waals surface area contributed by atoms with Gasteiger partial charge in [-0.25, -0.2) is 0 Å². The van der Waals surface area contributed by atoms with Crippen LogP contribution in [0.15, 0.2) is 24.3 Å². The third kappa shape index (κ3) is 3.40. The van der Waals surface area contributed by atoms with Crippen molar-refractivity contribution in [3.8, 4) is 0 Å². The van der Waals surface area contributed by atoms with Gasteiger partial charge in [-0.05, 0) is 24.1 Å². The monoisotopic (exact) mass is 313 g/mol. The molecule has 1 aliphatic heterocycles. The fourth-order valence-corrected chi connectivity index (χ4v) is 2.70. The van der Waals surface area contributed by atoms with Crippen LogP contribution in [0.1, 0.15) is 37.7 Å². The summed E-state index contributed by atoms with van der Waals surface area (Å²) in [6, 6.07) is 7.11. The second-order valence-corrected chi connectivity index (χ2v) is 5.53. The van der Waals surface area contributed by atoms with Crippen molar-refractivity contribution in [1.29, 1.82) is 0 Å². The zero-order chi connectivity index (χ0) is 16.2. The Morgan fingerprint density at radius 3 is 3.04 bits per heavy atom. The Morgan fingerprint density at radius 2 is 2.22 bits per heavy atom. The number of carbonyl (C=O) groups excluding carboxylic acids is 2. The Hall–Kier alpha value is -2.67. The van der Waals surface area contributed by atoms with Crippen molar-refractivity contribution in [3.05, 3.63) is 52.3 Å². The Labute approximate surface area is 133 Å².